The van der Waals surface area contributed by atoms with Crippen molar-refractivity contribution in [3.63, 3.8) is 0 Å². The van der Waals surface area contributed by atoms with Gasteiger partial charge in [-0.1, -0.05) is 12.1 Å². The first kappa shape index (κ1) is 19.8. The van der Waals surface area contributed by atoms with Gasteiger partial charge in [0.25, 0.3) is 0 Å². The zero-order chi connectivity index (χ0) is 18.3. The second kappa shape index (κ2) is 8.57. The number of carbonyl (C=O) groups is 2. The summed E-state index contributed by atoms with van der Waals surface area (Å²) in [7, 11) is 1.53. The highest BCUT2D eigenvalue weighted by Gasteiger charge is 2.24. The van der Waals surface area contributed by atoms with Gasteiger partial charge in [-0.15, -0.1) is 0 Å². The van der Waals surface area contributed by atoms with Gasteiger partial charge < -0.3 is 20.1 Å². The summed E-state index contributed by atoms with van der Waals surface area (Å²) in [6.45, 7) is 9.24. The largest absolute Gasteiger partial charge is 0.491 e. The van der Waals surface area contributed by atoms with Crippen LogP contribution in [-0.2, 0) is 16.0 Å². The third-order valence-electron chi connectivity index (χ3n) is 2.99. The molecule has 0 aromatic heterocycles. The predicted molar refractivity (Wildman–Crippen MR) is 93.1 cm³/mol. The zero-order valence-corrected chi connectivity index (χ0v) is 15.3. The van der Waals surface area contributed by atoms with E-state index in [1.165, 1.54) is 7.05 Å². The van der Waals surface area contributed by atoms with Crippen LogP contribution >= 0.6 is 0 Å². The van der Waals surface area contributed by atoms with Crippen LogP contribution in [0.3, 0.4) is 0 Å². The van der Waals surface area contributed by atoms with Crippen molar-refractivity contribution in [2.75, 3.05) is 7.05 Å². The molecule has 6 heteroatoms. The van der Waals surface area contributed by atoms with Crippen molar-refractivity contribution < 1.29 is 19.1 Å². The summed E-state index contributed by atoms with van der Waals surface area (Å²) >= 11 is 0. The number of hydrogen-bond acceptors (Lipinski definition) is 4. The summed E-state index contributed by atoms with van der Waals surface area (Å²) < 4.78 is 10.8. The lowest BCUT2D eigenvalue weighted by atomic mass is 10.1. The number of likely N-dealkylation sites (N-methyl/N-ethyl adjacent to an activating group) is 1. The highest BCUT2D eigenvalue weighted by atomic mass is 16.6. The number of rotatable bonds is 6. The van der Waals surface area contributed by atoms with Crippen LogP contribution in [0.2, 0.25) is 0 Å². The van der Waals surface area contributed by atoms with Crippen LogP contribution in [0.5, 0.6) is 5.75 Å². The third kappa shape index (κ3) is 7.35. The summed E-state index contributed by atoms with van der Waals surface area (Å²) in [5, 5.41) is 5.17. The van der Waals surface area contributed by atoms with Gasteiger partial charge in [-0.05, 0) is 52.3 Å². The van der Waals surface area contributed by atoms with E-state index in [1.807, 2.05) is 38.1 Å². The van der Waals surface area contributed by atoms with E-state index >= 15 is 0 Å². The van der Waals surface area contributed by atoms with Gasteiger partial charge in [0.2, 0.25) is 5.91 Å². The average molecular weight is 336 g/mol. The van der Waals surface area contributed by atoms with Crippen molar-refractivity contribution in [2.45, 2.75) is 58.8 Å². The second-order valence-electron chi connectivity index (χ2n) is 6.83. The van der Waals surface area contributed by atoms with Crippen molar-refractivity contribution in [2.24, 2.45) is 0 Å². The van der Waals surface area contributed by atoms with Gasteiger partial charge in [-0.25, -0.2) is 4.79 Å². The van der Waals surface area contributed by atoms with Gasteiger partial charge in [0, 0.05) is 13.5 Å². The van der Waals surface area contributed by atoms with Crippen LogP contribution < -0.4 is 15.4 Å². The molecule has 0 aliphatic heterocycles. The fraction of sp³-hybridized carbons (Fsp3) is 0.556. The van der Waals surface area contributed by atoms with Crippen molar-refractivity contribution in [1.82, 2.24) is 10.6 Å². The number of alkyl carbamates (subject to hydrolysis) is 1. The number of carbonyl (C=O) groups excluding carboxylic acids is 2. The van der Waals surface area contributed by atoms with E-state index < -0.39 is 17.7 Å². The van der Waals surface area contributed by atoms with E-state index in [2.05, 4.69) is 10.6 Å². The molecule has 0 fully saturated rings. The molecule has 2 amide bonds. The Bertz CT molecular complexity index is 547. The fourth-order valence-corrected chi connectivity index (χ4v) is 2.05. The molecule has 1 unspecified atom stereocenters. The predicted octanol–water partition coefficient (Wildman–Crippen LogP) is 2.66. The Hall–Kier alpha value is -2.24. The molecule has 1 aromatic rings. The topological polar surface area (TPSA) is 76.7 Å². The normalized spacial score (nSPS) is 12.5. The first-order chi connectivity index (χ1) is 11.1. The van der Waals surface area contributed by atoms with Crippen LogP contribution in [0.4, 0.5) is 4.79 Å². The fourth-order valence-electron chi connectivity index (χ4n) is 2.05. The standard InChI is InChI=1S/C18H28N2O4/c1-12(2)23-14-9-7-13(8-10-14)11-15(16(21)19-6)20-17(22)24-18(3,4)5/h7-10,12,15H,11H2,1-6H3,(H,19,21)(H,20,22). The molecular weight excluding hydrogens is 308 g/mol. The Labute approximate surface area is 143 Å². The molecule has 2 N–H and O–H groups in total. The third-order valence-corrected chi connectivity index (χ3v) is 2.99. The second-order valence-corrected chi connectivity index (χ2v) is 6.83. The summed E-state index contributed by atoms with van der Waals surface area (Å²) in [5.41, 5.74) is 0.295. The Morgan fingerprint density at radius 1 is 1.12 bits per heavy atom. The van der Waals surface area contributed by atoms with E-state index in [0.29, 0.717) is 6.42 Å². The number of benzene rings is 1. The quantitative estimate of drug-likeness (QED) is 0.837. The molecule has 6 nitrogen and oxygen atoms in total. The molecule has 0 saturated carbocycles. The van der Waals surface area contributed by atoms with Gasteiger partial charge in [0.15, 0.2) is 0 Å². The van der Waals surface area contributed by atoms with Gasteiger partial charge in [-0.3, -0.25) is 4.79 Å². The van der Waals surface area contributed by atoms with Gasteiger partial charge in [-0.2, -0.15) is 0 Å². The molecule has 0 heterocycles. The molecule has 0 spiro atoms. The molecule has 0 aliphatic carbocycles. The van der Waals surface area contributed by atoms with E-state index in [0.717, 1.165) is 11.3 Å². The minimum absolute atomic E-state index is 0.100. The molecule has 0 aliphatic rings. The van der Waals surface area contributed by atoms with Crippen molar-refractivity contribution >= 4 is 12.0 Å². The van der Waals surface area contributed by atoms with Crippen LogP contribution in [-0.4, -0.2) is 36.8 Å². The molecule has 0 bridgehead atoms. The molecule has 134 valence electrons. The van der Waals surface area contributed by atoms with E-state index in [9.17, 15) is 9.59 Å². The SMILES string of the molecule is CNC(=O)C(Cc1ccc(OC(C)C)cc1)NC(=O)OC(C)(C)C. The van der Waals surface area contributed by atoms with Gasteiger partial charge >= 0.3 is 6.09 Å². The first-order valence-electron chi connectivity index (χ1n) is 8.07. The molecule has 24 heavy (non-hydrogen) atoms. The highest BCUT2D eigenvalue weighted by Crippen LogP contribution is 2.15. The number of hydrogen-bond donors (Lipinski definition) is 2. The molecule has 0 radical (unpaired) electrons. The Kier molecular flexibility index (Phi) is 7.07. The summed E-state index contributed by atoms with van der Waals surface area (Å²) in [6, 6.07) is 6.75. The Morgan fingerprint density at radius 2 is 1.71 bits per heavy atom. The van der Waals surface area contributed by atoms with E-state index in [4.69, 9.17) is 9.47 Å². The van der Waals surface area contributed by atoms with Crippen molar-refractivity contribution in [3.8, 4) is 5.75 Å². The van der Waals surface area contributed by atoms with Crippen molar-refractivity contribution in [3.05, 3.63) is 29.8 Å². The lowest BCUT2D eigenvalue weighted by Gasteiger charge is -2.23. The smallest absolute Gasteiger partial charge is 0.408 e. The Balaban J connectivity index is 2.75. The van der Waals surface area contributed by atoms with Gasteiger partial charge in [0.1, 0.15) is 17.4 Å². The highest BCUT2D eigenvalue weighted by molar-refractivity contribution is 5.85. The van der Waals surface area contributed by atoms with E-state index in [1.54, 1.807) is 20.8 Å². The minimum atomic E-state index is -0.707. The number of nitrogens with one attached hydrogen (secondary N) is 2. The average Bonchev–Trinajstić information content (AvgIpc) is 2.45. The minimum Gasteiger partial charge on any atom is -0.491 e. The molecule has 0 saturated heterocycles. The maximum Gasteiger partial charge on any atom is 0.408 e. The van der Waals surface area contributed by atoms with Gasteiger partial charge in [0.05, 0.1) is 6.10 Å². The molecule has 1 atom stereocenters. The zero-order valence-electron chi connectivity index (χ0n) is 15.3. The molecular formula is C18H28N2O4. The lowest BCUT2D eigenvalue weighted by Crippen LogP contribution is -2.48. The first-order valence-corrected chi connectivity index (χ1v) is 8.07. The lowest BCUT2D eigenvalue weighted by molar-refractivity contribution is -0.122. The Morgan fingerprint density at radius 3 is 2.17 bits per heavy atom. The molecule has 1 rings (SSSR count). The summed E-state index contributed by atoms with van der Waals surface area (Å²) in [4.78, 5) is 23.9. The van der Waals surface area contributed by atoms with Crippen LogP contribution in [0.1, 0.15) is 40.2 Å². The van der Waals surface area contributed by atoms with Crippen LogP contribution in [0.15, 0.2) is 24.3 Å². The number of ether oxygens (including phenoxy) is 2. The maximum atomic E-state index is 12.0. The number of amides is 2. The molecule has 1 aromatic carbocycles. The summed E-state index contributed by atoms with van der Waals surface area (Å²) in [6.07, 6.45) is -0.153. The van der Waals surface area contributed by atoms with E-state index in [-0.39, 0.29) is 12.0 Å². The monoisotopic (exact) mass is 336 g/mol. The van der Waals surface area contributed by atoms with Crippen molar-refractivity contribution in [1.29, 1.82) is 0 Å². The maximum absolute atomic E-state index is 12.0. The summed E-state index contributed by atoms with van der Waals surface area (Å²) in [5.74, 6) is 0.494. The van der Waals surface area contributed by atoms with Crippen LogP contribution in [0, 0.1) is 0 Å². The van der Waals surface area contributed by atoms with Crippen LogP contribution in [0.25, 0.3) is 0 Å².